The van der Waals surface area contributed by atoms with Gasteiger partial charge in [0, 0.05) is 4.88 Å². The molecule has 146 valence electrons. The van der Waals surface area contributed by atoms with E-state index in [1.165, 1.54) is 16.2 Å². The monoisotopic (exact) mass is 398 g/mol. The van der Waals surface area contributed by atoms with Crippen LogP contribution in [-0.4, -0.2) is 29.9 Å². The lowest BCUT2D eigenvalue weighted by atomic mass is 9.81. The standard InChI is InChI=1S/C21H22N2O4S/c1-4-27-20(26)21(3)16-15(17(22-21)14-6-5-11-28-14)18(24)23(19(16)25)13-9-7-12(2)8-10-13/h5-11,15-17,22H,4H2,1-3H3/t15-,16+,17-,21-/m1/s1. The Hall–Kier alpha value is -2.51. The molecule has 4 rings (SSSR count). The van der Waals surface area contributed by atoms with Crippen LogP contribution in [0.3, 0.4) is 0 Å². The van der Waals surface area contributed by atoms with Crippen molar-refractivity contribution in [3.8, 4) is 0 Å². The zero-order valence-electron chi connectivity index (χ0n) is 16.0. The Morgan fingerprint density at radius 1 is 1.21 bits per heavy atom. The van der Waals surface area contributed by atoms with Gasteiger partial charge in [-0.25, -0.2) is 4.90 Å². The number of benzene rings is 1. The lowest BCUT2D eigenvalue weighted by Gasteiger charge is -2.29. The molecule has 2 saturated heterocycles. The van der Waals surface area contributed by atoms with E-state index in [9.17, 15) is 14.4 Å². The van der Waals surface area contributed by atoms with Crippen LogP contribution in [0.25, 0.3) is 0 Å². The highest BCUT2D eigenvalue weighted by atomic mass is 32.1. The van der Waals surface area contributed by atoms with Crippen LogP contribution in [0.2, 0.25) is 0 Å². The molecule has 1 aromatic heterocycles. The maximum atomic E-state index is 13.4. The molecule has 6 nitrogen and oxygen atoms in total. The second kappa shape index (κ2) is 6.83. The largest absolute Gasteiger partial charge is 0.465 e. The van der Waals surface area contributed by atoms with Gasteiger partial charge in [-0.2, -0.15) is 0 Å². The fourth-order valence-electron chi connectivity index (χ4n) is 4.27. The van der Waals surface area contributed by atoms with Gasteiger partial charge in [-0.05, 0) is 44.4 Å². The first kappa shape index (κ1) is 18.8. The molecule has 0 radical (unpaired) electrons. The molecule has 4 atom stereocenters. The van der Waals surface area contributed by atoms with Crippen molar-refractivity contribution in [2.24, 2.45) is 11.8 Å². The average Bonchev–Trinajstić information content (AvgIpc) is 3.35. The first-order chi connectivity index (χ1) is 13.4. The molecule has 0 bridgehead atoms. The van der Waals surface area contributed by atoms with Crippen molar-refractivity contribution in [3.05, 3.63) is 52.2 Å². The molecule has 7 heteroatoms. The summed E-state index contributed by atoms with van der Waals surface area (Å²) >= 11 is 1.50. The van der Waals surface area contributed by atoms with Crippen molar-refractivity contribution < 1.29 is 19.1 Å². The maximum Gasteiger partial charge on any atom is 0.326 e. The highest BCUT2D eigenvalue weighted by Gasteiger charge is 2.67. The number of carbonyl (C=O) groups is 3. The molecule has 1 N–H and O–H groups in total. The Kier molecular flexibility index (Phi) is 4.59. The Labute approximate surface area is 167 Å². The first-order valence-corrected chi connectivity index (χ1v) is 10.2. The van der Waals surface area contributed by atoms with E-state index < -0.39 is 29.4 Å². The van der Waals surface area contributed by atoms with Crippen molar-refractivity contribution in [2.75, 3.05) is 11.5 Å². The Balaban J connectivity index is 1.80. The number of ether oxygens (including phenoxy) is 1. The van der Waals surface area contributed by atoms with Crippen molar-refractivity contribution in [3.63, 3.8) is 0 Å². The molecule has 2 aliphatic rings. The first-order valence-electron chi connectivity index (χ1n) is 9.31. The topological polar surface area (TPSA) is 75.7 Å². The second-order valence-electron chi connectivity index (χ2n) is 7.41. The van der Waals surface area contributed by atoms with E-state index in [0.29, 0.717) is 5.69 Å². The summed E-state index contributed by atoms with van der Waals surface area (Å²) < 4.78 is 5.26. The number of nitrogens with zero attached hydrogens (tertiary/aromatic N) is 1. The highest BCUT2D eigenvalue weighted by molar-refractivity contribution is 7.10. The summed E-state index contributed by atoms with van der Waals surface area (Å²) in [6, 6.07) is 10.7. The van der Waals surface area contributed by atoms with E-state index in [0.717, 1.165) is 10.4 Å². The van der Waals surface area contributed by atoms with Crippen LogP contribution in [0.15, 0.2) is 41.8 Å². The Morgan fingerprint density at radius 3 is 2.54 bits per heavy atom. The SMILES string of the molecule is CCOC(=O)[C@]1(C)N[C@H](c2cccs2)[C@@H]2C(=O)N(c3ccc(C)cc3)C(=O)[C@H]21. The molecule has 2 aromatic rings. The van der Waals surface area contributed by atoms with Crippen molar-refractivity contribution in [1.82, 2.24) is 5.32 Å². The lowest BCUT2D eigenvalue weighted by Crippen LogP contribution is -2.54. The Morgan fingerprint density at radius 2 is 1.93 bits per heavy atom. The van der Waals surface area contributed by atoms with Crippen LogP contribution in [0.5, 0.6) is 0 Å². The van der Waals surface area contributed by atoms with E-state index in [-0.39, 0.29) is 18.4 Å². The second-order valence-corrected chi connectivity index (χ2v) is 8.39. The van der Waals surface area contributed by atoms with E-state index in [1.54, 1.807) is 26.0 Å². The molecular formula is C21H22N2O4S. The maximum absolute atomic E-state index is 13.4. The number of nitrogens with one attached hydrogen (secondary N) is 1. The quantitative estimate of drug-likeness (QED) is 0.633. The lowest BCUT2D eigenvalue weighted by molar-refractivity contribution is -0.153. The summed E-state index contributed by atoms with van der Waals surface area (Å²) in [4.78, 5) is 41.7. The van der Waals surface area contributed by atoms with Crippen LogP contribution < -0.4 is 10.2 Å². The highest BCUT2D eigenvalue weighted by Crippen LogP contribution is 2.50. The zero-order chi connectivity index (χ0) is 20.1. The van der Waals surface area contributed by atoms with Gasteiger partial charge in [0.05, 0.1) is 30.2 Å². The summed E-state index contributed by atoms with van der Waals surface area (Å²) in [6.45, 7) is 5.55. The smallest absolute Gasteiger partial charge is 0.326 e. The fraction of sp³-hybridized carbons (Fsp3) is 0.381. The summed E-state index contributed by atoms with van der Waals surface area (Å²) in [6.07, 6.45) is 0. The molecular weight excluding hydrogens is 376 g/mol. The third-order valence-corrected chi connectivity index (χ3v) is 6.58. The number of esters is 1. The average molecular weight is 398 g/mol. The van der Waals surface area contributed by atoms with E-state index in [1.807, 2.05) is 36.6 Å². The van der Waals surface area contributed by atoms with Gasteiger partial charge in [0.1, 0.15) is 5.54 Å². The van der Waals surface area contributed by atoms with Crippen LogP contribution in [0, 0.1) is 18.8 Å². The number of imide groups is 1. The summed E-state index contributed by atoms with van der Waals surface area (Å²) in [7, 11) is 0. The minimum Gasteiger partial charge on any atom is -0.465 e. The fourth-order valence-corrected chi connectivity index (χ4v) is 5.09. The van der Waals surface area contributed by atoms with Gasteiger partial charge in [-0.3, -0.25) is 19.7 Å². The van der Waals surface area contributed by atoms with Crippen LogP contribution in [0.4, 0.5) is 5.69 Å². The normalized spacial score (nSPS) is 29.2. The molecule has 0 unspecified atom stereocenters. The molecule has 0 spiro atoms. The van der Waals surface area contributed by atoms with Gasteiger partial charge in [-0.15, -0.1) is 11.3 Å². The van der Waals surface area contributed by atoms with Gasteiger partial charge in [0.25, 0.3) is 0 Å². The number of hydrogen-bond acceptors (Lipinski definition) is 6. The van der Waals surface area contributed by atoms with E-state index in [2.05, 4.69) is 5.32 Å². The number of rotatable bonds is 4. The summed E-state index contributed by atoms with van der Waals surface area (Å²) in [5, 5.41) is 5.19. The molecule has 2 aliphatic heterocycles. The minimum atomic E-state index is -1.26. The predicted molar refractivity (Wildman–Crippen MR) is 106 cm³/mol. The van der Waals surface area contributed by atoms with Crippen LogP contribution in [-0.2, 0) is 19.1 Å². The van der Waals surface area contributed by atoms with Crippen LogP contribution in [0.1, 0.15) is 30.3 Å². The van der Waals surface area contributed by atoms with E-state index >= 15 is 0 Å². The summed E-state index contributed by atoms with van der Waals surface area (Å²) in [5.74, 6) is -2.61. The molecule has 1 aromatic carbocycles. The van der Waals surface area contributed by atoms with Gasteiger partial charge in [-0.1, -0.05) is 23.8 Å². The number of aryl methyl sites for hydroxylation is 1. The summed E-state index contributed by atoms with van der Waals surface area (Å²) in [5.41, 5.74) is 0.310. The molecule has 0 aliphatic carbocycles. The molecule has 2 amide bonds. The molecule has 0 saturated carbocycles. The van der Waals surface area contributed by atoms with Gasteiger partial charge >= 0.3 is 5.97 Å². The molecule has 3 heterocycles. The molecule has 2 fully saturated rings. The predicted octanol–water partition coefficient (Wildman–Crippen LogP) is 2.83. The number of thiophene rings is 1. The molecule has 28 heavy (non-hydrogen) atoms. The van der Waals surface area contributed by atoms with Crippen molar-refractivity contribution in [1.29, 1.82) is 0 Å². The van der Waals surface area contributed by atoms with Crippen molar-refractivity contribution >= 4 is 34.8 Å². The number of anilines is 1. The third kappa shape index (κ3) is 2.69. The number of carbonyl (C=O) groups excluding carboxylic acids is 3. The van der Waals surface area contributed by atoms with E-state index in [4.69, 9.17) is 4.74 Å². The minimum absolute atomic E-state index is 0.209. The van der Waals surface area contributed by atoms with Gasteiger partial charge < -0.3 is 4.74 Å². The number of hydrogen-bond donors (Lipinski definition) is 1. The van der Waals surface area contributed by atoms with Gasteiger partial charge in [0.15, 0.2) is 0 Å². The van der Waals surface area contributed by atoms with Crippen molar-refractivity contribution in [2.45, 2.75) is 32.4 Å². The third-order valence-electron chi connectivity index (χ3n) is 5.63. The number of fused-ring (bicyclic) bond motifs is 1. The number of amides is 2. The van der Waals surface area contributed by atoms with Gasteiger partial charge in [0.2, 0.25) is 11.8 Å². The van der Waals surface area contributed by atoms with Crippen LogP contribution >= 0.6 is 11.3 Å². The Bertz CT molecular complexity index is 924. The zero-order valence-corrected chi connectivity index (χ0v) is 16.8.